The molecule has 0 fully saturated rings. The van der Waals surface area contributed by atoms with Gasteiger partial charge in [0.15, 0.2) is 8.32 Å². The first kappa shape index (κ1) is 10.5. The van der Waals surface area contributed by atoms with Gasteiger partial charge in [0.25, 0.3) is 0 Å². The minimum Gasteiger partial charge on any atom is -0.413 e. The third-order valence-corrected chi connectivity index (χ3v) is 2.69. The highest BCUT2D eigenvalue weighted by Gasteiger charge is 2.17. The molecule has 1 rings (SSSR count). The smallest absolute Gasteiger partial charge is 0.184 e. The molecule has 0 bridgehead atoms. The zero-order chi connectivity index (χ0) is 9.90. The maximum atomic E-state index is 5.90. The molecule has 4 heteroatoms. The van der Waals surface area contributed by atoms with Gasteiger partial charge in [0.2, 0.25) is 0 Å². The molecule has 74 valence electrons. The summed E-state index contributed by atoms with van der Waals surface area (Å²) >= 11 is 0. The molecule has 1 atom stereocenters. The van der Waals surface area contributed by atoms with Gasteiger partial charge in [0.1, 0.15) is 0 Å². The first-order chi connectivity index (χ1) is 5.97. The van der Waals surface area contributed by atoms with E-state index < -0.39 is 8.32 Å². The maximum absolute atomic E-state index is 5.90. The van der Waals surface area contributed by atoms with Gasteiger partial charge < -0.3 is 8.99 Å². The molecule has 0 aliphatic carbocycles. The van der Waals surface area contributed by atoms with E-state index >= 15 is 0 Å². The van der Waals surface area contributed by atoms with E-state index in [4.69, 9.17) is 4.43 Å². The summed E-state index contributed by atoms with van der Waals surface area (Å²) in [5.41, 5.74) is 0. The average molecular weight is 198 g/mol. The van der Waals surface area contributed by atoms with Gasteiger partial charge in [-0.1, -0.05) is 0 Å². The summed E-state index contributed by atoms with van der Waals surface area (Å²) in [5, 5.41) is 0. The van der Waals surface area contributed by atoms with E-state index in [-0.39, 0.29) is 6.10 Å². The van der Waals surface area contributed by atoms with Crippen LogP contribution in [0.15, 0.2) is 18.7 Å². The minimum atomic E-state index is -1.39. The molecule has 3 nitrogen and oxygen atoms in total. The Morgan fingerprint density at radius 1 is 1.46 bits per heavy atom. The van der Waals surface area contributed by atoms with Gasteiger partial charge in [-0.15, -0.1) is 0 Å². The fourth-order valence-electron chi connectivity index (χ4n) is 1.33. The normalized spacial score (nSPS) is 14.5. The number of hydrogen-bond donors (Lipinski definition) is 0. The summed E-state index contributed by atoms with van der Waals surface area (Å²) in [6.07, 6.45) is 5.86. The Kier molecular flexibility index (Phi) is 3.27. The lowest BCUT2D eigenvalue weighted by Gasteiger charge is -2.23. The van der Waals surface area contributed by atoms with Crippen molar-refractivity contribution in [1.29, 1.82) is 0 Å². The molecular weight excluding hydrogens is 180 g/mol. The monoisotopic (exact) mass is 198 g/mol. The van der Waals surface area contributed by atoms with Crippen LogP contribution in [-0.2, 0) is 11.0 Å². The van der Waals surface area contributed by atoms with Crippen LogP contribution in [0.1, 0.15) is 6.92 Å². The molecule has 0 saturated carbocycles. The predicted octanol–water partition coefficient (Wildman–Crippen LogP) is 2.12. The van der Waals surface area contributed by atoms with Crippen LogP contribution >= 0.6 is 0 Å². The molecular formula is C9H18N2OSi. The molecule has 0 spiro atoms. The maximum Gasteiger partial charge on any atom is 0.184 e. The van der Waals surface area contributed by atoms with E-state index in [0.29, 0.717) is 0 Å². The second kappa shape index (κ2) is 4.06. The molecule has 0 saturated heterocycles. The third kappa shape index (κ3) is 4.24. The Hall–Kier alpha value is -0.613. The summed E-state index contributed by atoms with van der Waals surface area (Å²) < 4.78 is 7.95. The Bertz CT molecular complexity index is 241. The van der Waals surface area contributed by atoms with E-state index in [1.165, 1.54) is 0 Å². The zero-order valence-corrected chi connectivity index (χ0v) is 9.82. The molecule has 1 heterocycles. The number of imidazole rings is 1. The van der Waals surface area contributed by atoms with Gasteiger partial charge in [-0.3, -0.25) is 0 Å². The van der Waals surface area contributed by atoms with Crippen molar-refractivity contribution in [2.75, 3.05) is 0 Å². The van der Waals surface area contributed by atoms with Gasteiger partial charge in [0.05, 0.1) is 12.4 Å². The standard InChI is InChI=1S/C9H18N2OSi/c1-9(12-13(2,3)4)7-11-6-5-10-8-11/h5-6,8-9H,7H2,1-4H3. The van der Waals surface area contributed by atoms with Crippen molar-refractivity contribution in [2.45, 2.75) is 39.2 Å². The van der Waals surface area contributed by atoms with Crippen LogP contribution in [0.2, 0.25) is 19.6 Å². The second-order valence-electron chi connectivity index (χ2n) is 4.30. The largest absolute Gasteiger partial charge is 0.413 e. The SMILES string of the molecule is CC(Cn1ccnc1)O[Si](C)(C)C. The first-order valence-corrected chi connectivity index (χ1v) is 8.02. The quantitative estimate of drug-likeness (QED) is 0.693. The van der Waals surface area contributed by atoms with Crippen molar-refractivity contribution in [3.05, 3.63) is 18.7 Å². The molecule has 0 N–H and O–H groups in total. The van der Waals surface area contributed by atoms with Gasteiger partial charge in [-0.25, -0.2) is 4.98 Å². The van der Waals surface area contributed by atoms with Crippen molar-refractivity contribution in [2.24, 2.45) is 0 Å². The van der Waals surface area contributed by atoms with E-state index in [0.717, 1.165) is 6.54 Å². The molecule has 0 radical (unpaired) electrons. The minimum absolute atomic E-state index is 0.279. The summed E-state index contributed by atoms with van der Waals surface area (Å²) in [4.78, 5) is 3.99. The lowest BCUT2D eigenvalue weighted by atomic mass is 10.4. The van der Waals surface area contributed by atoms with Gasteiger partial charge in [-0.05, 0) is 26.6 Å². The van der Waals surface area contributed by atoms with Crippen LogP contribution in [-0.4, -0.2) is 24.0 Å². The fraction of sp³-hybridized carbons (Fsp3) is 0.667. The van der Waals surface area contributed by atoms with Crippen LogP contribution in [0.25, 0.3) is 0 Å². The highest BCUT2D eigenvalue weighted by atomic mass is 28.4. The van der Waals surface area contributed by atoms with Crippen LogP contribution in [0.4, 0.5) is 0 Å². The Balaban J connectivity index is 2.38. The van der Waals surface area contributed by atoms with Crippen LogP contribution in [0.5, 0.6) is 0 Å². The average Bonchev–Trinajstić information content (AvgIpc) is 2.34. The van der Waals surface area contributed by atoms with E-state index in [2.05, 4.69) is 31.5 Å². The van der Waals surface area contributed by atoms with Crippen molar-refractivity contribution in [3.8, 4) is 0 Å². The van der Waals surface area contributed by atoms with Gasteiger partial charge >= 0.3 is 0 Å². The predicted molar refractivity (Wildman–Crippen MR) is 56.1 cm³/mol. The lowest BCUT2D eigenvalue weighted by molar-refractivity contribution is 0.192. The van der Waals surface area contributed by atoms with Crippen LogP contribution < -0.4 is 0 Å². The molecule has 1 aromatic heterocycles. The molecule has 0 aliphatic rings. The van der Waals surface area contributed by atoms with Crippen molar-refractivity contribution >= 4 is 8.32 Å². The number of rotatable bonds is 4. The number of hydrogen-bond acceptors (Lipinski definition) is 2. The number of aromatic nitrogens is 2. The highest BCUT2D eigenvalue weighted by Crippen LogP contribution is 2.08. The molecule has 0 aromatic carbocycles. The molecule has 0 amide bonds. The van der Waals surface area contributed by atoms with Crippen molar-refractivity contribution in [3.63, 3.8) is 0 Å². The van der Waals surface area contributed by atoms with Crippen LogP contribution in [0.3, 0.4) is 0 Å². The van der Waals surface area contributed by atoms with E-state index in [1.807, 2.05) is 17.1 Å². The number of nitrogens with zero attached hydrogens (tertiary/aromatic N) is 2. The lowest BCUT2D eigenvalue weighted by Crippen LogP contribution is -2.32. The highest BCUT2D eigenvalue weighted by molar-refractivity contribution is 6.69. The Labute approximate surface area is 80.9 Å². The van der Waals surface area contributed by atoms with Gasteiger partial charge in [-0.2, -0.15) is 0 Å². The second-order valence-corrected chi connectivity index (χ2v) is 8.76. The van der Waals surface area contributed by atoms with Crippen molar-refractivity contribution in [1.82, 2.24) is 9.55 Å². The molecule has 0 aliphatic heterocycles. The summed E-state index contributed by atoms with van der Waals surface area (Å²) in [6.45, 7) is 9.62. The summed E-state index contributed by atoms with van der Waals surface area (Å²) in [6, 6.07) is 0. The van der Waals surface area contributed by atoms with Gasteiger partial charge in [0, 0.05) is 18.9 Å². The molecule has 1 unspecified atom stereocenters. The summed E-state index contributed by atoms with van der Waals surface area (Å²) in [5.74, 6) is 0. The third-order valence-electron chi connectivity index (χ3n) is 1.58. The van der Waals surface area contributed by atoms with Crippen molar-refractivity contribution < 1.29 is 4.43 Å². The van der Waals surface area contributed by atoms with E-state index in [9.17, 15) is 0 Å². The fourth-order valence-corrected chi connectivity index (χ4v) is 2.61. The Morgan fingerprint density at radius 2 is 2.15 bits per heavy atom. The topological polar surface area (TPSA) is 27.1 Å². The molecule has 1 aromatic rings. The molecule has 13 heavy (non-hydrogen) atoms. The van der Waals surface area contributed by atoms with E-state index in [1.54, 1.807) is 6.20 Å². The summed E-state index contributed by atoms with van der Waals surface area (Å²) in [7, 11) is -1.39. The van der Waals surface area contributed by atoms with Crippen LogP contribution in [0, 0.1) is 0 Å². The Morgan fingerprint density at radius 3 is 2.62 bits per heavy atom. The zero-order valence-electron chi connectivity index (χ0n) is 8.82. The first-order valence-electron chi connectivity index (χ1n) is 4.61.